The van der Waals surface area contributed by atoms with Crippen LogP contribution in [0.4, 0.5) is 10.7 Å². The first-order valence-electron chi connectivity index (χ1n) is 12.2. The lowest BCUT2D eigenvalue weighted by Gasteiger charge is -2.30. The second-order valence-corrected chi connectivity index (χ2v) is 8.97. The van der Waals surface area contributed by atoms with Crippen molar-refractivity contribution in [3.63, 3.8) is 0 Å². The number of ether oxygens (including phenoxy) is 1. The minimum absolute atomic E-state index is 0.0629. The Labute approximate surface area is 200 Å². The van der Waals surface area contributed by atoms with Gasteiger partial charge in [-0.3, -0.25) is 0 Å². The van der Waals surface area contributed by atoms with E-state index in [1.807, 2.05) is 42.2 Å². The fraction of sp³-hybridized carbons (Fsp3) is 0.407. The van der Waals surface area contributed by atoms with Crippen molar-refractivity contribution in [2.75, 3.05) is 31.1 Å². The molecule has 0 aliphatic carbocycles. The summed E-state index contributed by atoms with van der Waals surface area (Å²) in [6.07, 6.45) is 3.02. The quantitative estimate of drug-likeness (QED) is 0.557. The lowest BCUT2D eigenvalue weighted by molar-refractivity contribution is 0.0796. The Bertz CT molecular complexity index is 1110. The predicted octanol–water partition coefficient (Wildman–Crippen LogP) is 4.61. The van der Waals surface area contributed by atoms with Crippen LogP contribution in [0.1, 0.15) is 36.5 Å². The number of nitrogens with one attached hydrogen (secondary N) is 1. The van der Waals surface area contributed by atoms with Crippen molar-refractivity contribution in [2.24, 2.45) is 0 Å². The average Bonchev–Trinajstić information content (AvgIpc) is 3.54. The van der Waals surface area contributed by atoms with Gasteiger partial charge in [-0.15, -0.1) is 0 Å². The van der Waals surface area contributed by atoms with E-state index in [4.69, 9.17) is 9.26 Å². The van der Waals surface area contributed by atoms with Crippen LogP contribution in [0.2, 0.25) is 0 Å². The van der Waals surface area contributed by atoms with Crippen molar-refractivity contribution in [1.29, 1.82) is 0 Å². The molecule has 1 saturated heterocycles. The third-order valence-corrected chi connectivity index (χ3v) is 6.64. The van der Waals surface area contributed by atoms with Gasteiger partial charge in [-0.2, -0.15) is 0 Å². The molecule has 2 amide bonds. The maximum atomic E-state index is 13.1. The van der Waals surface area contributed by atoms with Gasteiger partial charge in [0, 0.05) is 38.3 Å². The molecule has 178 valence electrons. The van der Waals surface area contributed by atoms with Crippen LogP contribution in [-0.2, 0) is 24.2 Å². The van der Waals surface area contributed by atoms with E-state index in [-0.39, 0.29) is 12.1 Å². The Hall–Kier alpha value is -3.32. The van der Waals surface area contributed by atoms with Crippen LogP contribution < -0.4 is 10.2 Å². The number of anilines is 1. The molecule has 0 spiro atoms. The average molecular weight is 461 g/mol. The van der Waals surface area contributed by atoms with Crippen molar-refractivity contribution in [3.05, 3.63) is 71.3 Å². The van der Waals surface area contributed by atoms with E-state index in [0.29, 0.717) is 19.6 Å². The summed E-state index contributed by atoms with van der Waals surface area (Å²) in [5, 5.41) is 7.47. The topological polar surface area (TPSA) is 70.8 Å². The van der Waals surface area contributed by atoms with Gasteiger partial charge in [0.05, 0.1) is 18.2 Å². The number of nitrogens with zero attached hydrogens (tertiary/aromatic N) is 3. The molecule has 2 aliphatic heterocycles. The van der Waals surface area contributed by atoms with Gasteiger partial charge < -0.3 is 24.4 Å². The first kappa shape index (κ1) is 22.5. The number of hydrogen-bond acceptors (Lipinski definition) is 5. The maximum Gasteiger partial charge on any atom is 0.317 e. The Morgan fingerprint density at radius 2 is 1.94 bits per heavy atom. The van der Waals surface area contributed by atoms with Crippen LogP contribution in [0.3, 0.4) is 0 Å². The van der Waals surface area contributed by atoms with Crippen molar-refractivity contribution < 1.29 is 14.1 Å². The normalized spacial score (nSPS) is 17.4. The molecule has 7 heteroatoms. The van der Waals surface area contributed by atoms with Crippen molar-refractivity contribution in [1.82, 2.24) is 15.4 Å². The summed E-state index contributed by atoms with van der Waals surface area (Å²) in [4.78, 5) is 17.1. The molecule has 0 unspecified atom stereocenters. The number of carbonyl (C=O) groups is 1. The van der Waals surface area contributed by atoms with Crippen LogP contribution in [0.5, 0.6) is 0 Å². The first-order valence-corrected chi connectivity index (χ1v) is 12.2. The van der Waals surface area contributed by atoms with Gasteiger partial charge in [-0.25, -0.2) is 4.79 Å². The summed E-state index contributed by atoms with van der Waals surface area (Å²) in [5.74, 6) is 0.745. The predicted molar refractivity (Wildman–Crippen MR) is 132 cm³/mol. The standard InChI is InChI=1S/C27H32N4O3/c1-2-28-27(32)31(18-23-13-8-16-33-23)19-24-25(21-10-4-3-5-11-21)29-34-26(24)30-15-14-20-9-6-7-12-22(20)17-30/h3-7,9-12,23H,2,8,13-19H2,1H3,(H,28,32)/t23-/m1/s1. The van der Waals surface area contributed by atoms with Crippen LogP contribution in [0.25, 0.3) is 11.3 Å². The Kier molecular flexibility index (Phi) is 6.81. The third-order valence-electron chi connectivity index (χ3n) is 6.64. The molecule has 1 fully saturated rings. The minimum atomic E-state index is -0.0897. The SMILES string of the molecule is CCNC(=O)N(Cc1c(-c2ccccc2)noc1N1CCc2ccccc2C1)C[C@H]1CCCO1. The minimum Gasteiger partial charge on any atom is -0.376 e. The summed E-state index contributed by atoms with van der Waals surface area (Å²) in [6, 6.07) is 18.5. The highest BCUT2D eigenvalue weighted by molar-refractivity contribution is 5.76. The van der Waals surface area contributed by atoms with Crippen LogP contribution in [0, 0.1) is 0 Å². The molecule has 0 saturated carbocycles. The van der Waals surface area contributed by atoms with Gasteiger partial charge in [-0.1, -0.05) is 59.8 Å². The zero-order chi connectivity index (χ0) is 23.3. The molecular formula is C27H32N4O3. The summed E-state index contributed by atoms with van der Waals surface area (Å²) in [5.41, 5.74) is 5.39. The zero-order valence-corrected chi connectivity index (χ0v) is 19.7. The van der Waals surface area contributed by atoms with Crippen LogP contribution >= 0.6 is 0 Å². The van der Waals surface area contributed by atoms with Crippen molar-refractivity contribution in [3.8, 4) is 11.3 Å². The maximum absolute atomic E-state index is 13.1. The molecule has 34 heavy (non-hydrogen) atoms. The van der Waals surface area contributed by atoms with Crippen molar-refractivity contribution >= 4 is 11.9 Å². The largest absolute Gasteiger partial charge is 0.376 e. The van der Waals surface area contributed by atoms with E-state index in [9.17, 15) is 4.79 Å². The summed E-state index contributed by atoms with van der Waals surface area (Å²) in [6.45, 7) is 5.84. The monoisotopic (exact) mass is 460 g/mol. The van der Waals surface area contributed by atoms with Crippen molar-refractivity contribution in [2.45, 2.75) is 45.4 Å². The Morgan fingerprint density at radius 3 is 2.71 bits per heavy atom. The lowest BCUT2D eigenvalue weighted by atomic mass is 9.99. The molecule has 2 aromatic carbocycles. The number of urea groups is 1. The number of hydrogen-bond donors (Lipinski definition) is 1. The highest BCUT2D eigenvalue weighted by atomic mass is 16.5. The number of carbonyl (C=O) groups excluding carboxylic acids is 1. The summed E-state index contributed by atoms with van der Waals surface area (Å²) >= 11 is 0. The number of rotatable bonds is 7. The number of aromatic nitrogens is 1. The fourth-order valence-corrected chi connectivity index (χ4v) is 4.89. The molecule has 2 aliphatic rings. The molecule has 3 aromatic rings. The van der Waals surface area contributed by atoms with E-state index in [1.165, 1.54) is 11.1 Å². The van der Waals surface area contributed by atoms with Gasteiger partial charge in [-0.05, 0) is 37.3 Å². The van der Waals surface area contributed by atoms with Gasteiger partial charge in [0.2, 0.25) is 5.88 Å². The van der Waals surface area contributed by atoms with Gasteiger partial charge in [0.25, 0.3) is 0 Å². The number of amides is 2. The van der Waals surface area contributed by atoms with E-state index in [2.05, 4.69) is 39.6 Å². The summed E-state index contributed by atoms with van der Waals surface area (Å²) in [7, 11) is 0. The Morgan fingerprint density at radius 1 is 1.15 bits per heavy atom. The second-order valence-electron chi connectivity index (χ2n) is 8.97. The molecule has 1 aromatic heterocycles. The number of benzene rings is 2. The number of fused-ring (bicyclic) bond motifs is 1. The third kappa shape index (κ3) is 4.80. The lowest BCUT2D eigenvalue weighted by Crippen LogP contribution is -2.43. The summed E-state index contributed by atoms with van der Waals surface area (Å²) < 4.78 is 11.9. The smallest absolute Gasteiger partial charge is 0.317 e. The molecule has 7 nitrogen and oxygen atoms in total. The van der Waals surface area contributed by atoms with Gasteiger partial charge >= 0.3 is 6.03 Å². The fourth-order valence-electron chi connectivity index (χ4n) is 4.89. The van der Waals surface area contributed by atoms with E-state index >= 15 is 0 Å². The van der Waals surface area contributed by atoms with Gasteiger partial charge in [0.15, 0.2) is 0 Å². The molecule has 3 heterocycles. The highest BCUT2D eigenvalue weighted by Crippen LogP contribution is 2.35. The van der Waals surface area contributed by atoms with E-state index in [0.717, 1.165) is 61.7 Å². The first-order chi connectivity index (χ1) is 16.7. The van der Waals surface area contributed by atoms with E-state index < -0.39 is 0 Å². The second kappa shape index (κ2) is 10.3. The molecule has 1 atom stereocenters. The highest BCUT2D eigenvalue weighted by Gasteiger charge is 2.30. The Balaban J connectivity index is 1.49. The molecular weight excluding hydrogens is 428 g/mol. The van der Waals surface area contributed by atoms with Crippen LogP contribution in [-0.4, -0.2) is 48.4 Å². The zero-order valence-electron chi connectivity index (χ0n) is 19.7. The molecule has 1 N–H and O–H groups in total. The molecule has 5 rings (SSSR count). The van der Waals surface area contributed by atoms with Crippen LogP contribution in [0.15, 0.2) is 59.1 Å². The molecule has 0 radical (unpaired) electrons. The van der Waals surface area contributed by atoms with Gasteiger partial charge in [0.1, 0.15) is 5.69 Å². The molecule has 0 bridgehead atoms. The van der Waals surface area contributed by atoms with E-state index in [1.54, 1.807) is 0 Å².